The molecule has 7 heteroatoms. The van der Waals surface area contributed by atoms with Crippen molar-refractivity contribution in [3.05, 3.63) is 59.1 Å². The topological polar surface area (TPSA) is 61.9 Å². The number of ether oxygens (including phenoxy) is 1. The highest BCUT2D eigenvalue weighted by Crippen LogP contribution is 2.20. The first kappa shape index (κ1) is 19.0. The maximum Gasteiger partial charge on any atom is 0.409 e. The molecule has 0 unspecified atom stereocenters. The van der Waals surface area contributed by atoms with Gasteiger partial charge in [0, 0.05) is 48.1 Å². The summed E-state index contributed by atoms with van der Waals surface area (Å²) in [6, 6.07) is 14.5. The van der Waals surface area contributed by atoms with E-state index in [0.29, 0.717) is 36.0 Å². The van der Waals surface area contributed by atoms with Crippen LogP contribution in [0.2, 0.25) is 5.02 Å². The molecule has 1 heterocycles. The molecule has 2 aromatic rings. The van der Waals surface area contributed by atoms with Crippen LogP contribution in [0, 0.1) is 0 Å². The molecule has 1 fully saturated rings. The van der Waals surface area contributed by atoms with Crippen molar-refractivity contribution in [2.24, 2.45) is 0 Å². The zero-order chi connectivity index (χ0) is 19.2. The van der Waals surface area contributed by atoms with E-state index in [-0.39, 0.29) is 12.0 Å². The second-order valence-corrected chi connectivity index (χ2v) is 6.62. The van der Waals surface area contributed by atoms with Crippen LogP contribution < -0.4 is 10.2 Å². The molecule has 27 heavy (non-hydrogen) atoms. The van der Waals surface area contributed by atoms with E-state index in [4.69, 9.17) is 16.3 Å². The second kappa shape index (κ2) is 8.77. The third-order valence-corrected chi connectivity index (χ3v) is 4.62. The Morgan fingerprint density at radius 2 is 1.78 bits per heavy atom. The molecule has 1 aliphatic rings. The first-order chi connectivity index (χ1) is 13.1. The number of carbonyl (C=O) groups excluding carboxylic acids is 2. The fourth-order valence-electron chi connectivity index (χ4n) is 2.95. The summed E-state index contributed by atoms with van der Waals surface area (Å²) in [4.78, 5) is 28.0. The van der Waals surface area contributed by atoms with Gasteiger partial charge in [-0.3, -0.25) is 4.79 Å². The summed E-state index contributed by atoms with van der Waals surface area (Å²) in [6.07, 6.45) is -0.253. The SMILES string of the molecule is CCOC(=O)N1CCN(c2ccc(NC(=O)c3cccc(Cl)c3)cc2)CC1. The maximum absolute atomic E-state index is 12.3. The Morgan fingerprint density at radius 1 is 1.07 bits per heavy atom. The van der Waals surface area contributed by atoms with Crippen LogP contribution >= 0.6 is 11.6 Å². The Bertz CT molecular complexity index is 802. The standard InChI is InChI=1S/C20H22ClN3O3/c1-2-27-20(26)24-12-10-23(11-13-24)18-8-6-17(7-9-18)22-19(25)15-4-3-5-16(21)14-15/h3-9,14H,2,10-13H2,1H3,(H,22,25). The van der Waals surface area contributed by atoms with E-state index in [1.54, 1.807) is 36.1 Å². The van der Waals surface area contributed by atoms with E-state index in [1.807, 2.05) is 24.3 Å². The molecule has 0 saturated carbocycles. The molecule has 0 aliphatic carbocycles. The van der Waals surface area contributed by atoms with Gasteiger partial charge in [0.1, 0.15) is 0 Å². The fraction of sp³-hybridized carbons (Fsp3) is 0.300. The molecule has 0 aromatic heterocycles. The van der Waals surface area contributed by atoms with Crippen molar-refractivity contribution in [1.82, 2.24) is 4.90 Å². The van der Waals surface area contributed by atoms with Crippen LogP contribution in [-0.2, 0) is 4.74 Å². The Labute approximate surface area is 163 Å². The number of amides is 2. The second-order valence-electron chi connectivity index (χ2n) is 6.18. The monoisotopic (exact) mass is 387 g/mol. The van der Waals surface area contributed by atoms with Gasteiger partial charge in [-0.25, -0.2) is 4.79 Å². The zero-order valence-corrected chi connectivity index (χ0v) is 15.9. The van der Waals surface area contributed by atoms with Gasteiger partial charge in [0.05, 0.1) is 6.61 Å². The Balaban J connectivity index is 1.56. The lowest BCUT2D eigenvalue weighted by molar-refractivity contribution is 0.102. The average Bonchev–Trinajstić information content (AvgIpc) is 2.69. The van der Waals surface area contributed by atoms with Crippen LogP contribution in [0.3, 0.4) is 0 Å². The Kier molecular flexibility index (Phi) is 6.19. The third-order valence-electron chi connectivity index (χ3n) is 4.38. The van der Waals surface area contributed by atoms with E-state index >= 15 is 0 Å². The molecule has 1 N–H and O–H groups in total. The van der Waals surface area contributed by atoms with Gasteiger partial charge >= 0.3 is 6.09 Å². The first-order valence-electron chi connectivity index (χ1n) is 8.90. The molecule has 1 saturated heterocycles. The summed E-state index contributed by atoms with van der Waals surface area (Å²) in [5.41, 5.74) is 2.29. The molecular formula is C20H22ClN3O3. The molecule has 142 valence electrons. The summed E-state index contributed by atoms with van der Waals surface area (Å²) in [6.45, 7) is 4.94. The highest BCUT2D eigenvalue weighted by molar-refractivity contribution is 6.31. The quantitative estimate of drug-likeness (QED) is 0.865. The number of anilines is 2. The highest BCUT2D eigenvalue weighted by Gasteiger charge is 2.22. The van der Waals surface area contributed by atoms with E-state index < -0.39 is 0 Å². The number of hydrogen-bond donors (Lipinski definition) is 1. The smallest absolute Gasteiger partial charge is 0.409 e. The van der Waals surface area contributed by atoms with Gasteiger partial charge in [0.2, 0.25) is 0 Å². The van der Waals surface area contributed by atoms with E-state index in [0.717, 1.165) is 18.8 Å². The Morgan fingerprint density at radius 3 is 2.41 bits per heavy atom. The maximum atomic E-state index is 12.3. The summed E-state index contributed by atoms with van der Waals surface area (Å²) in [7, 11) is 0. The molecule has 2 aromatic carbocycles. The largest absolute Gasteiger partial charge is 0.450 e. The van der Waals surface area contributed by atoms with Crippen molar-refractivity contribution >= 4 is 35.0 Å². The van der Waals surface area contributed by atoms with Gasteiger partial charge in [0.15, 0.2) is 0 Å². The summed E-state index contributed by atoms with van der Waals surface area (Å²) in [5.74, 6) is -0.201. The first-order valence-corrected chi connectivity index (χ1v) is 9.28. The van der Waals surface area contributed by atoms with Gasteiger partial charge in [-0.05, 0) is 49.4 Å². The lowest BCUT2D eigenvalue weighted by atomic mass is 10.2. The summed E-state index contributed by atoms with van der Waals surface area (Å²) >= 11 is 5.93. The number of benzene rings is 2. The molecule has 3 rings (SSSR count). The van der Waals surface area contributed by atoms with Crippen LogP contribution in [0.1, 0.15) is 17.3 Å². The van der Waals surface area contributed by atoms with E-state index in [1.165, 1.54) is 0 Å². The van der Waals surface area contributed by atoms with Gasteiger partial charge in [-0.2, -0.15) is 0 Å². The predicted molar refractivity (Wildman–Crippen MR) is 107 cm³/mol. The Hall–Kier alpha value is -2.73. The molecule has 0 radical (unpaired) electrons. The minimum absolute atomic E-state index is 0.201. The van der Waals surface area contributed by atoms with Gasteiger partial charge < -0.3 is 19.9 Å². The van der Waals surface area contributed by atoms with Crippen LogP contribution in [0.15, 0.2) is 48.5 Å². The molecule has 6 nitrogen and oxygen atoms in total. The van der Waals surface area contributed by atoms with Crippen LogP contribution in [0.4, 0.5) is 16.2 Å². The lowest BCUT2D eigenvalue weighted by Gasteiger charge is -2.35. The summed E-state index contributed by atoms with van der Waals surface area (Å²) in [5, 5.41) is 3.39. The predicted octanol–water partition coefficient (Wildman–Crippen LogP) is 3.87. The zero-order valence-electron chi connectivity index (χ0n) is 15.2. The van der Waals surface area contributed by atoms with Gasteiger partial charge in [-0.1, -0.05) is 17.7 Å². The summed E-state index contributed by atoms with van der Waals surface area (Å²) < 4.78 is 5.04. The number of nitrogens with zero attached hydrogens (tertiary/aromatic N) is 2. The van der Waals surface area contributed by atoms with Crippen LogP contribution in [0.25, 0.3) is 0 Å². The minimum atomic E-state index is -0.253. The van der Waals surface area contributed by atoms with E-state index in [2.05, 4.69) is 10.2 Å². The number of rotatable bonds is 4. The molecule has 2 amide bonds. The van der Waals surface area contributed by atoms with Crippen molar-refractivity contribution in [2.75, 3.05) is 43.0 Å². The molecule has 1 aliphatic heterocycles. The molecular weight excluding hydrogens is 366 g/mol. The molecule has 0 atom stereocenters. The van der Waals surface area contributed by atoms with Crippen molar-refractivity contribution in [2.45, 2.75) is 6.92 Å². The average molecular weight is 388 g/mol. The minimum Gasteiger partial charge on any atom is -0.450 e. The fourth-order valence-corrected chi connectivity index (χ4v) is 3.14. The van der Waals surface area contributed by atoms with Crippen LogP contribution in [-0.4, -0.2) is 49.7 Å². The molecule has 0 bridgehead atoms. The number of halogens is 1. The van der Waals surface area contributed by atoms with Crippen LogP contribution in [0.5, 0.6) is 0 Å². The lowest BCUT2D eigenvalue weighted by Crippen LogP contribution is -2.49. The van der Waals surface area contributed by atoms with E-state index in [9.17, 15) is 9.59 Å². The number of hydrogen-bond acceptors (Lipinski definition) is 4. The number of carbonyl (C=O) groups is 2. The normalized spacial score (nSPS) is 14.0. The van der Waals surface area contributed by atoms with Crippen molar-refractivity contribution in [3.8, 4) is 0 Å². The van der Waals surface area contributed by atoms with Crippen molar-refractivity contribution in [3.63, 3.8) is 0 Å². The third kappa shape index (κ3) is 4.92. The van der Waals surface area contributed by atoms with Gasteiger partial charge in [-0.15, -0.1) is 0 Å². The van der Waals surface area contributed by atoms with Gasteiger partial charge in [0.25, 0.3) is 5.91 Å². The number of nitrogens with one attached hydrogen (secondary N) is 1. The highest BCUT2D eigenvalue weighted by atomic mass is 35.5. The van der Waals surface area contributed by atoms with Crippen molar-refractivity contribution < 1.29 is 14.3 Å². The van der Waals surface area contributed by atoms with Crippen molar-refractivity contribution in [1.29, 1.82) is 0 Å². The number of piperazine rings is 1. The molecule has 0 spiro atoms.